The Morgan fingerprint density at radius 3 is 2.40 bits per heavy atom. The van der Waals surface area contributed by atoms with Crippen LogP contribution in [0, 0.1) is 0 Å². The van der Waals surface area contributed by atoms with Crippen molar-refractivity contribution in [3.8, 4) is 5.75 Å². The highest BCUT2D eigenvalue weighted by atomic mass is 19.4. The van der Waals surface area contributed by atoms with Crippen LogP contribution in [0.25, 0.3) is 21.8 Å². The minimum absolute atomic E-state index is 0.331. The number of fused-ring (bicyclic) bond motifs is 2. The van der Waals surface area contributed by atoms with Gasteiger partial charge in [-0.15, -0.1) is 0 Å². The van der Waals surface area contributed by atoms with Crippen molar-refractivity contribution in [3.63, 3.8) is 0 Å². The summed E-state index contributed by atoms with van der Waals surface area (Å²) in [7, 11) is 1.56. The average molecular weight is 277 g/mol. The third-order valence-electron chi connectivity index (χ3n) is 3.14. The lowest BCUT2D eigenvalue weighted by molar-refractivity contribution is -0.137. The molecule has 1 heterocycles. The number of pyridine rings is 1. The maximum atomic E-state index is 12.7. The van der Waals surface area contributed by atoms with Crippen LogP contribution in [0.1, 0.15) is 5.56 Å². The fourth-order valence-corrected chi connectivity index (χ4v) is 2.11. The number of benzene rings is 2. The van der Waals surface area contributed by atoms with Gasteiger partial charge >= 0.3 is 6.18 Å². The number of halogens is 3. The van der Waals surface area contributed by atoms with Gasteiger partial charge in [-0.05, 0) is 36.4 Å². The van der Waals surface area contributed by atoms with E-state index in [1.807, 2.05) is 0 Å². The summed E-state index contributed by atoms with van der Waals surface area (Å²) in [6, 6.07) is 10.6. The van der Waals surface area contributed by atoms with E-state index < -0.39 is 11.7 Å². The lowest BCUT2D eigenvalue weighted by Crippen LogP contribution is -2.04. The Labute approximate surface area is 112 Å². The summed E-state index contributed by atoms with van der Waals surface area (Å²) >= 11 is 0. The maximum Gasteiger partial charge on any atom is 0.416 e. The standard InChI is InChI=1S/C15H10F3NO/c1-20-12-4-5-13-10(7-12)6-9-2-3-11(15(16,17)18)8-14(9)19-13/h2-8H,1H3. The smallest absolute Gasteiger partial charge is 0.416 e. The van der Waals surface area contributed by atoms with Crippen molar-refractivity contribution in [3.05, 3.63) is 48.0 Å². The predicted molar refractivity (Wildman–Crippen MR) is 70.8 cm³/mol. The molecule has 102 valence electrons. The Morgan fingerprint density at radius 1 is 0.900 bits per heavy atom. The quantitative estimate of drug-likeness (QED) is 0.614. The second kappa shape index (κ2) is 4.37. The van der Waals surface area contributed by atoms with Crippen molar-refractivity contribution in [1.29, 1.82) is 0 Å². The molecule has 1 aromatic heterocycles. The van der Waals surface area contributed by atoms with Crippen molar-refractivity contribution in [2.75, 3.05) is 7.11 Å². The molecule has 0 aliphatic carbocycles. The summed E-state index contributed by atoms with van der Waals surface area (Å²) < 4.78 is 43.2. The summed E-state index contributed by atoms with van der Waals surface area (Å²) in [5.41, 5.74) is 0.278. The highest BCUT2D eigenvalue weighted by Gasteiger charge is 2.30. The van der Waals surface area contributed by atoms with E-state index in [1.165, 1.54) is 6.07 Å². The largest absolute Gasteiger partial charge is 0.497 e. The monoisotopic (exact) mass is 277 g/mol. The zero-order chi connectivity index (χ0) is 14.3. The van der Waals surface area contributed by atoms with Gasteiger partial charge in [-0.3, -0.25) is 0 Å². The van der Waals surface area contributed by atoms with Crippen molar-refractivity contribution >= 4 is 21.8 Å². The molecule has 0 saturated carbocycles. The Kier molecular flexibility index (Phi) is 2.78. The van der Waals surface area contributed by atoms with Gasteiger partial charge < -0.3 is 4.74 Å². The molecule has 0 N–H and O–H groups in total. The predicted octanol–water partition coefficient (Wildman–Crippen LogP) is 4.42. The first-order valence-corrected chi connectivity index (χ1v) is 5.93. The van der Waals surface area contributed by atoms with Gasteiger partial charge in [-0.1, -0.05) is 6.07 Å². The van der Waals surface area contributed by atoms with Crippen LogP contribution in [0.2, 0.25) is 0 Å². The number of methoxy groups -OCH3 is 1. The van der Waals surface area contributed by atoms with E-state index in [1.54, 1.807) is 31.4 Å². The Balaban J connectivity index is 2.24. The summed E-state index contributed by atoms with van der Waals surface area (Å²) in [6.07, 6.45) is -4.36. The van der Waals surface area contributed by atoms with Crippen LogP contribution < -0.4 is 4.74 Å². The van der Waals surface area contributed by atoms with E-state index in [0.717, 1.165) is 17.5 Å². The van der Waals surface area contributed by atoms with Crippen molar-refractivity contribution in [2.45, 2.75) is 6.18 Å². The van der Waals surface area contributed by atoms with Crippen molar-refractivity contribution in [1.82, 2.24) is 4.98 Å². The van der Waals surface area contributed by atoms with Crippen LogP contribution in [-0.4, -0.2) is 12.1 Å². The Hall–Kier alpha value is -2.30. The van der Waals surface area contributed by atoms with Gasteiger partial charge in [0.2, 0.25) is 0 Å². The van der Waals surface area contributed by atoms with Gasteiger partial charge in [0.25, 0.3) is 0 Å². The summed E-state index contributed by atoms with van der Waals surface area (Å²) in [4.78, 5) is 4.27. The number of hydrogen-bond acceptors (Lipinski definition) is 2. The number of hydrogen-bond donors (Lipinski definition) is 0. The molecule has 0 spiro atoms. The van der Waals surface area contributed by atoms with Gasteiger partial charge in [0, 0.05) is 10.8 Å². The molecule has 20 heavy (non-hydrogen) atoms. The molecule has 0 fully saturated rings. The first kappa shape index (κ1) is 12.7. The molecular formula is C15H10F3NO. The molecule has 0 saturated heterocycles. The summed E-state index contributed by atoms with van der Waals surface area (Å²) in [5.74, 6) is 0.686. The van der Waals surface area contributed by atoms with Crippen LogP contribution in [-0.2, 0) is 6.18 Å². The van der Waals surface area contributed by atoms with Crippen LogP contribution in [0.15, 0.2) is 42.5 Å². The lowest BCUT2D eigenvalue weighted by Gasteiger charge is -2.08. The molecule has 0 amide bonds. The Morgan fingerprint density at radius 2 is 1.70 bits per heavy atom. The summed E-state index contributed by atoms with van der Waals surface area (Å²) in [5, 5.41) is 1.50. The molecule has 2 aromatic carbocycles. The zero-order valence-electron chi connectivity index (χ0n) is 10.5. The molecule has 3 rings (SSSR count). The van der Waals surface area contributed by atoms with Crippen LogP contribution in [0.3, 0.4) is 0 Å². The maximum absolute atomic E-state index is 12.7. The van der Waals surface area contributed by atoms with Crippen molar-refractivity contribution in [2.24, 2.45) is 0 Å². The summed E-state index contributed by atoms with van der Waals surface area (Å²) in [6.45, 7) is 0. The molecule has 5 heteroatoms. The van der Waals surface area contributed by atoms with Crippen LogP contribution >= 0.6 is 0 Å². The van der Waals surface area contributed by atoms with Gasteiger partial charge in [0.05, 0.1) is 23.7 Å². The molecule has 0 bridgehead atoms. The van der Waals surface area contributed by atoms with Gasteiger partial charge in [0.15, 0.2) is 0 Å². The molecule has 2 nitrogen and oxygen atoms in total. The Bertz CT molecular complexity index is 796. The second-order valence-electron chi connectivity index (χ2n) is 4.45. The van der Waals surface area contributed by atoms with Crippen LogP contribution in [0.5, 0.6) is 5.75 Å². The fourth-order valence-electron chi connectivity index (χ4n) is 2.11. The molecule has 3 aromatic rings. The number of rotatable bonds is 1. The van der Waals surface area contributed by atoms with Gasteiger partial charge in [-0.2, -0.15) is 13.2 Å². The zero-order valence-corrected chi connectivity index (χ0v) is 10.5. The topological polar surface area (TPSA) is 22.1 Å². The highest BCUT2D eigenvalue weighted by molar-refractivity contribution is 5.93. The van der Waals surface area contributed by atoms with E-state index in [2.05, 4.69) is 4.98 Å². The number of alkyl halides is 3. The molecule has 0 aliphatic rings. The van der Waals surface area contributed by atoms with Crippen molar-refractivity contribution < 1.29 is 17.9 Å². The van der Waals surface area contributed by atoms with E-state index in [4.69, 9.17) is 4.74 Å². The van der Waals surface area contributed by atoms with E-state index in [-0.39, 0.29) is 0 Å². The first-order chi connectivity index (χ1) is 9.47. The average Bonchev–Trinajstić information content (AvgIpc) is 2.42. The third kappa shape index (κ3) is 2.15. The lowest BCUT2D eigenvalue weighted by atomic mass is 10.1. The number of nitrogens with zero attached hydrogens (tertiary/aromatic N) is 1. The third-order valence-corrected chi connectivity index (χ3v) is 3.14. The molecule has 0 unspecified atom stereocenters. The van der Waals surface area contributed by atoms with E-state index in [9.17, 15) is 13.2 Å². The number of aromatic nitrogens is 1. The fraction of sp³-hybridized carbons (Fsp3) is 0.133. The number of ether oxygens (including phenoxy) is 1. The molecular weight excluding hydrogens is 267 g/mol. The van der Waals surface area contributed by atoms with Gasteiger partial charge in [0.1, 0.15) is 5.75 Å². The van der Waals surface area contributed by atoms with E-state index in [0.29, 0.717) is 22.2 Å². The second-order valence-corrected chi connectivity index (χ2v) is 4.45. The van der Waals surface area contributed by atoms with Gasteiger partial charge in [-0.25, -0.2) is 4.98 Å². The highest BCUT2D eigenvalue weighted by Crippen LogP contribution is 2.32. The SMILES string of the molecule is COc1ccc2nc3cc(C(F)(F)F)ccc3cc2c1. The van der Waals surface area contributed by atoms with E-state index >= 15 is 0 Å². The molecule has 0 radical (unpaired) electrons. The normalized spacial score (nSPS) is 12.0. The first-order valence-electron chi connectivity index (χ1n) is 5.93. The molecule has 0 atom stereocenters. The molecule has 0 aliphatic heterocycles. The van der Waals surface area contributed by atoms with Crippen LogP contribution in [0.4, 0.5) is 13.2 Å². The minimum atomic E-state index is -4.36. The minimum Gasteiger partial charge on any atom is -0.497 e.